The second kappa shape index (κ2) is 8.33. The van der Waals surface area contributed by atoms with Gasteiger partial charge in [-0.3, -0.25) is 4.79 Å². The summed E-state index contributed by atoms with van der Waals surface area (Å²) in [5, 5.41) is 0. The molecule has 0 radical (unpaired) electrons. The molecule has 0 heterocycles. The summed E-state index contributed by atoms with van der Waals surface area (Å²) in [5.74, 6) is 3.35. The maximum absolute atomic E-state index is 10.9. The number of rotatable bonds is 3. The lowest BCUT2D eigenvalue weighted by molar-refractivity contribution is -0.104. The molecule has 2 aromatic carbocycles. The second-order valence-electron chi connectivity index (χ2n) is 6.84. The number of benzene rings is 2. The Bertz CT molecular complexity index is 921. The Labute approximate surface area is 151 Å². The first-order valence-electron chi connectivity index (χ1n) is 8.26. The molecule has 2 aromatic rings. The Morgan fingerprint density at radius 2 is 1.56 bits per heavy atom. The minimum absolute atomic E-state index is 0.513. The molecule has 0 N–H and O–H groups in total. The molecule has 25 heavy (non-hydrogen) atoms. The van der Waals surface area contributed by atoms with E-state index in [0.29, 0.717) is 5.57 Å². The van der Waals surface area contributed by atoms with E-state index in [1.807, 2.05) is 54.6 Å². The van der Waals surface area contributed by atoms with E-state index in [9.17, 15) is 4.79 Å². The number of hydrogen-bond donors (Lipinski definition) is 0. The van der Waals surface area contributed by atoms with Gasteiger partial charge in [0.05, 0.1) is 0 Å². The Hall–Kier alpha value is -2.81. The van der Waals surface area contributed by atoms with Gasteiger partial charge in [-0.25, -0.2) is 0 Å². The van der Waals surface area contributed by atoms with Crippen LogP contribution in [-0.2, 0) is 4.79 Å². The molecule has 0 atom stereocenters. The third kappa shape index (κ3) is 5.64. The first-order valence-corrected chi connectivity index (χ1v) is 11.8. The van der Waals surface area contributed by atoms with Gasteiger partial charge in [0.15, 0.2) is 6.29 Å². The summed E-state index contributed by atoms with van der Waals surface area (Å²) < 4.78 is 0. The van der Waals surface area contributed by atoms with Crippen LogP contribution >= 0.6 is 0 Å². The van der Waals surface area contributed by atoms with E-state index in [2.05, 4.69) is 42.6 Å². The van der Waals surface area contributed by atoms with Gasteiger partial charge in [-0.15, -0.1) is 5.54 Å². The fourth-order valence-corrected chi connectivity index (χ4v) is 2.66. The molecular weight excluding hydrogens is 320 g/mol. The minimum atomic E-state index is -1.48. The van der Waals surface area contributed by atoms with Crippen LogP contribution in [0.3, 0.4) is 0 Å². The molecular formula is C23H22OSi. The SMILES string of the molecule is CC(=C=C=C(c1ccccc1)c1ccccc1C#C[Si](C)(C)C)C=O. The van der Waals surface area contributed by atoms with Crippen molar-refractivity contribution in [3.63, 3.8) is 0 Å². The quantitative estimate of drug-likeness (QED) is 0.245. The maximum Gasteiger partial charge on any atom is 0.154 e. The van der Waals surface area contributed by atoms with Gasteiger partial charge in [-0.2, -0.15) is 0 Å². The van der Waals surface area contributed by atoms with Crippen LogP contribution in [0.5, 0.6) is 0 Å². The summed E-state index contributed by atoms with van der Waals surface area (Å²) in [6, 6.07) is 18.1. The number of hydrogen-bond acceptors (Lipinski definition) is 1. The fraction of sp³-hybridized carbons (Fsp3) is 0.174. The third-order valence-electron chi connectivity index (χ3n) is 3.39. The van der Waals surface area contributed by atoms with Gasteiger partial charge < -0.3 is 0 Å². The van der Waals surface area contributed by atoms with Gasteiger partial charge in [0.1, 0.15) is 8.07 Å². The van der Waals surface area contributed by atoms with E-state index in [1.54, 1.807) is 6.92 Å². The smallest absolute Gasteiger partial charge is 0.154 e. The van der Waals surface area contributed by atoms with E-state index in [-0.39, 0.29) is 0 Å². The Balaban J connectivity index is 2.75. The standard InChI is InChI=1S/C23H22OSi/c1-19(18-24)14-15-23(20-10-6-5-7-11-20)22-13-9-8-12-21(22)16-17-25(2,3)4/h5-13,18H,1-4H3. The Kier molecular flexibility index (Phi) is 6.18. The highest BCUT2D eigenvalue weighted by Gasteiger charge is 2.10. The summed E-state index contributed by atoms with van der Waals surface area (Å²) in [7, 11) is -1.48. The molecule has 1 nitrogen and oxygen atoms in total. The molecule has 124 valence electrons. The normalized spacial score (nSPS) is 9.92. The van der Waals surface area contributed by atoms with Crippen molar-refractivity contribution >= 4 is 19.9 Å². The predicted molar refractivity (Wildman–Crippen MR) is 108 cm³/mol. The average Bonchev–Trinajstić information content (AvgIpc) is 2.61. The molecule has 0 aliphatic carbocycles. The van der Waals surface area contributed by atoms with Crippen molar-refractivity contribution in [2.45, 2.75) is 26.6 Å². The summed E-state index contributed by atoms with van der Waals surface area (Å²) >= 11 is 0. The van der Waals surface area contributed by atoms with E-state index in [1.165, 1.54) is 0 Å². The monoisotopic (exact) mass is 342 g/mol. The van der Waals surface area contributed by atoms with Crippen molar-refractivity contribution < 1.29 is 4.79 Å². The van der Waals surface area contributed by atoms with Gasteiger partial charge in [0, 0.05) is 22.3 Å². The Morgan fingerprint density at radius 1 is 0.920 bits per heavy atom. The van der Waals surface area contributed by atoms with Gasteiger partial charge in [0.2, 0.25) is 0 Å². The van der Waals surface area contributed by atoms with Gasteiger partial charge in [0.25, 0.3) is 0 Å². The summed E-state index contributed by atoms with van der Waals surface area (Å²) in [5.41, 5.74) is 14.0. The van der Waals surface area contributed by atoms with Crippen molar-refractivity contribution in [1.82, 2.24) is 0 Å². The lowest BCUT2D eigenvalue weighted by Crippen LogP contribution is -2.16. The van der Waals surface area contributed by atoms with Crippen LogP contribution < -0.4 is 0 Å². The zero-order chi connectivity index (χ0) is 18.3. The molecule has 0 amide bonds. The molecule has 0 unspecified atom stereocenters. The average molecular weight is 343 g/mol. The highest BCUT2D eigenvalue weighted by atomic mass is 28.3. The molecule has 0 aliphatic rings. The van der Waals surface area contributed by atoms with Crippen molar-refractivity contribution in [1.29, 1.82) is 0 Å². The number of carbonyl (C=O) groups excluding carboxylic acids is 1. The first kappa shape index (κ1) is 18.5. The van der Waals surface area contributed by atoms with Crippen molar-refractivity contribution in [3.8, 4) is 11.5 Å². The zero-order valence-electron chi connectivity index (χ0n) is 15.2. The van der Waals surface area contributed by atoms with Crippen LogP contribution in [0, 0.1) is 11.5 Å². The van der Waals surface area contributed by atoms with Gasteiger partial charge in [-0.1, -0.05) is 85.6 Å². The van der Waals surface area contributed by atoms with E-state index in [0.717, 1.165) is 28.5 Å². The van der Waals surface area contributed by atoms with E-state index < -0.39 is 8.07 Å². The number of allylic oxidation sites excluding steroid dienone is 1. The van der Waals surface area contributed by atoms with Crippen molar-refractivity contribution in [2.24, 2.45) is 0 Å². The van der Waals surface area contributed by atoms with Crippen LogP contribution in [0.4, 0.5) is 0 Å². The van der Waals surface area contributed by atoms with E-state index in [4.69, 9.17) is 0 Å². The highest BCUT2D eigenvalue weighted by Crippen LogP contribution is 2.25. The van der Waals surface area contributed by atoms with E-state index >= 15 is 0 Å². The van der Waals surface area contributed by atoms with Crippen molar-refractivity contribution in [3.05, 3.63) is 88.3 Å². The minimum Gasteiger partial charge on any atom is -0.298 e. The molecule has 0 bridgehead atoms. The maximum atomic E-state index is 10.9. The predicted octanol–water partition coefficient (Wildman–Crippen LogP) is 5.25. The molecule has 0 aliphatic heterocycles. The van der Waals surface area contributed by atoms with Crippen LogP contribution in [0.25, 0.3) is 5.57 Å². The summed E-state index contributed by atoms with van der Waals surface area (Å²) in [6.45, 7) is 8.41. The number of aldehydes is 1. The van der Waals surface area contributed by atoms with Gasteiger partial charge >= 0.3 is 0 Å². The largest absolute Gasteiger partial charge is 0.298 e. The molecule has 0 spiro atoms. The van der Waals surface area contributed by atoms with Crippen LogP contribution in [-0.4, -0.2) is 14.4 Å². The fourth-order valence-electron chi connectivity index (χ4n) is 2.16. The lowest BCUT2D eigenvalue weighted by Gasteiger charge is -2.09. The number of carbonyl (C=O) groups is 1. The van der Waals surface area contributed by atoms with Crippen molar-refractivity contribution in [2.75, 3.05) is 0 Å². The topological polar surface area (TPSA) is 17.1 Å². The molecule has 0 saturated heterocycles. The highest BCUT2D eigenvalue weighted by molar-refractivity contribution is 6.83. The van der Waals surface area contributed by atoms with Crippen LogP contribution in [0.2, 0.25) is 19.6 Å². The molecule has 0 saturated carbocycles. The Morgan fingerprint density at radius 3 is 2.20 bits per heavy atom. The van der Waals surface area contributed by atoms with Crippen LogP contribution in [0.1, 0.15) is 23.6 Å². The molecule has 2 rings (SSSR count). The first-order chi connectivity index (χ1) is 11.9. The second-order valence-corrected chi connectivity index (χ2v) is 11.6. The molecule has 2 heteroatoms. The zero-order valence-corrected chi connectivity index (χ0v) is 16.2. The summed E-state index contributed by atoms with van der Waals surface area (Å²) in [4.78, 5) is 10.9. The third-order valence-corrected chi connectivity index (χ3v) is 4.27. The summed E-state index contributed by atoms with van der Waals surface area (Å²) in [6.07, 6.45) is 0.784. The molecule has 0 aromatic heterocycles. The lowest BCUT2D eigenvalue weighted by atomic mass is 9.95. The van der Waals surface area contributed by atoms with Gasteiger partial charge in [-0.05, 0) is 18.6 Å². The molecule has 0 fully saturated rings. The van der Waals surface area contributed by atoms with Crippen LogP contribution in [0.15, 0.2) is 71.6 Å².